The number of nitrogens with zero attached hydrogens (tertiary/aromatic N) is 1. The number of esters is 1. The molecule has 0 aromatic heterocycles. The summed E-state index contributed by atoms with van der Waals surface area (Å²) in [7, 11) is 0. The van der Waals surface area contributed by atoms with E-state index in [1.807, 2.05) is 6.92 Å². The molecule has 2 aromatic rings. The number of amides is 3. The van der Waals surface area contributed by atoms with Gasteiger partial charge in [-0.3, -0.25) is 24.1 Å². The van der Waals surface area contributed by atoms with Crippen molar-refractivity contribution in [3.8, 4) is 5.75 Å². The lowest BCUT2D eigenvalue weighted by atomic mass is 10.1. The van der Waals surface area contributed by atoms with Crippen molar-refractivity contribution in [1.82, 2.24) is 4.90 Å². The lowest BCUT2D eigenvalue weighted by Gasteiger charge is -2.13. The largest absolute Gasteiger partial charge is 0.492 e. The minimum atomic E-state index is -0.473. The van der Waals surface area contributed by atoms with Gasteiger partial charge in [0.2, 0.25) is 0 Å². The summed E-state index contributed by atoms with van der Waals surface area (Å²) in [6.07, 6.45) is 1.94. The van der Waals surface area contributed by atoms with Gasteiger partial charge in [-0.1, -0.05) is 30.7 Å². The van der Waals surface area contributed by atoms with Gasteiger partial charge in [-0.15, -0.1) is 0 Å². The van der Waals surface area contributed by atoms with Crippen molar-refractivity contribution in [2.75, 3.05) is 25.1 Å². The van der Waals surface area contributed by atoms with Gasteiger partial charge >= 0.3 is 5.97 Å². The van der Waals surface area contributed by atoms with E-state index in [1.54, 1.807) is 48.5 Å². The van der Waals surface area contributed by atoms with E-state index in [-0.39, 0.29) is 24.8 Å². The van der Waals surface area contributed by atoms with Gasteiger partial charge in [0, 0.05) is 13.0 Å². The number of nitrogens with one attached hydrogen (secondary N) is 1. The Kier molecular flexibility index (Phi) is 7.96. The number of unbranched alkanes of at least 4 members (excludes halogenated alkanes) is 2. The predicted molar refractivity (Wildman–Crippen MR) is 117 cm³/mol. The van der Waals surface area contributed by atoms with Crippen LogP contribution < -0.4 is 10.1 Å². The van der Waals surface area contributed by atoms with Crippen LogP contribution in [0, 0.1) is 0 Å². The molecule has 3 amide bonds. The highest BCUT2D eigenvalue weighted by molar-refractivity contribution is 6.21. The fraction of sp³-hybridized carbons (Fsp3) is 0.333. The summed E-state index contributed by atoms with van der Waals surface area (Å²) in [5.41, 5.74) is 1.38. The van der Waals surface area contributed by atoms with Crippen LogP contribution >= 0.6 is 0 Å². The molecule has 0 bridgehead atoms. The maximum Gasteiger partial charge on any atom is 0.306 e. The van der Waals surface area contributed by atoms with Crippen molar-refractivity contribution in [3.63, 3.8) is 0 Å². The Morgan fingerprint density at radius 3 is 2.25 bits per heavy atom. The number of hydrogen-bond acceptors (Lipinski definition) is 6. The van der Waals surface area contributed by atoms with Gasteiger partial charge in [0.25, 0.3) is 17.7 Å². The Labute approximate surface area is 186 Å². The second kappa shape index (κ2) is 11.1. The third kappa shape index (κ3) is 5.72. The number of anilines is 1. The van der Waals surface area contributed by atoms with E-state index in [2.05, 4.69) is 5.32 Å². The predicted octanol–water partition coefficient (Wildman–Crippen LogP) is 3.42. The SMILES string of the molecule is CCOc1ccccc1NC(=O)COC(=O)CCCCCN1C(=O)c2ccccc2C1=O. The van der Waals surface area contributed by atoms with Gasteiger partial charge in [0.15, 0.2) is 6.61 Å². The minimum Gasteiger partial charge on any atom is -0.492 e. The number of fused-ring (bicyclic) bond motifs is 1. The van der Waals surface area contributed by atoms with Crippen LogP contribution in [0.2, 0.25) is 0 Å². The monoisotopic (exact) mass is 438 g/mol. The Morgan fingerprint density at radius 1 is 0.906 bits per heavy atom. The number of ether oxygens (including phenoxy) is 2. The minimum absolute atomic E-state index is 0.158. The molecule has 8 heteroatoms. The molecular weight excluding hydrogens is 412 g/mol. The van der Waals surface area contributed by atoms with Gasteiger partial charge < -0.3 is 14.8 Å². The zero-order chi connectivity index (χ0) is 22.9. The smallest absolute Gasteiger partial charge is 0.306 e. The number of carbonyl (C=O) groups is 4. The summed E-state index contributed by atoms with van der Waals surface area (Å²) >= 11 is 0. The van der Waals surface area contributed by atoms with Crippen molar-refractivity contribution in [2.45, 2.75) is 32.6 Å². The van der Waals surface area contributed by atoms with E-state index in [0.29, 0.717) is 55.0 Å². The van der Waals surface area contributed by atoms with Crippen molar-refractivity contribution in [3.05, 3.63) is 59.7 Å². The van der Waals surface area contributed by atoms with Crippen molar-refractivity contribution in [2.24, 2.45) is 0 Å². The average Bonchev–Trinajstić information content (AvgIpc) is 3.04. The number of imide groups is 1. The third-order valence-electron chi connectivity index (χ3n) is 4.97. The quantitative estimate of drug-likeness (QED) is 0.328. The van der Waals surface area contributed by atoms with Crippen LogP contribution in [0.15, 0.2) is 48.5 Å². The molecule has 0 radical (unpaired) electrons. The molecule has 2 aromatic carbocycles. The van der Waals surface area contributed by atoms with Crippen LogP contribution in [0.3, 0.4) is 0 Å². The highest BCUT2D eigenvalue weighted by Crippen LogP contribution is 2.24. The van der Waals surface area contributed by atoms with E-state index >= 15 is 0 Å². The molecule has 1 heterocycles. The van der Waals surface area contributed by atoms with Crippen molar-refractivity contribution < 1.29 is 28.7 Å². The zero-order valence-electron chi connectivity index (χ0n) is 18.0. The lowest BCUT2D eigenvalue weighted by molar-refractivity contribution is -0.147. The first-order valence-corrected chi connectivity index (χ1v) is 10.6. The molecule has 8 nitrogen and oxygen atoms in total. The molecule has 0 fully saturated rings. The van der Waals surface area contributed by atoms with Crippen LogP contribution in [-0.4, -0.2) is 48.3 Å². The van der Waals surface area contributed by atoms with Crippen LogP contribution in [0.4, 0.5) is 5.69 Å². The summed E-state index contributed by atoms with van der Waals surface area (Å²) in [4.78, 5) is 49.8. The number of carbonyl (C=O) groups excluding carboxylic acids is 4. The van der Waals surface area contributed by atoms with Gasteiger partial charge in [0.1, 0.15) is 5.75 Å². The summed E-state index contributed by atoms with van der Waals surface area (Å²) < 4.78 is 10.5. The molecular formula is C24H26N2O6. The number of rotatable bonds is 11. The molecule has 0 saturated carbocycles. The fourth-order valence-corrected chi connectivity index (χ4v) is 3.41. The Balaban J connectivity index is 1.32. The molecule has 0 unspecified atom stereocenters. The fourth-order valence-electron chi connectivity index (χ4n) is 3.41. The second-order valence-electron chi connectivity index (χ2n) is 7.26. The highest BCUT2D eigenvalue weighted by Gasteiger charge is 2.34. The molecule has 0 aliphatic carbocycles. The van der Waals surface area contributed by atoms with Gasteiger partial charge in [-0.05, 0) is 44.0 Å². The lowest BCUT2D eigenvalue weighted by Crippen LogP contribution is -2.30. The van der Waals surface area contributed by atoms with Gasteiger partial charge in [-0.2, -0.15) is 0 Å². The number of benzene rings is 2. The normalized spacial score (nSPS) is 12.5. The first kappa shape index (κ1) is 23.0. The van der Waals surface area contributed by atoms with Crippen molar-refractivity contribution >= 4 is 29.4 Å². The first-order valence-electron chi connectivity index (χ1n) is 10.6. The van der Waals surface area contributed by atoms with E-state index in [9.17, 15) is 19.2 Å². The second-order valence-corrected chi connectivity index (χ2v) is 7.26. The molecule has 1 aliphatic heterocycles. The van der Waals surface area contributed by atoms with Gasteiger partial charge in [-0.25, -0.2) is 0 Å². The molecule has 32 heavy (non-hydrogen) atoms. The summed E-state index contributed by atoms with van der Waals surface area (Å²) in [6, 6.07) is 13.8. The molecule has 0 saturated heterocycles. The van der Waals surface area contributed by atoms with Gasteiger partial charge in [0.05, 0.1) is 23.4 Å². The van der Waals surface area contributed by atoms with Crippen LogP contribution in [-0.2, 0) is 14.3 Å². The standard InChI is InChI=1S/C24H26N2O6/c1-2-31-20-13-8-7-12-19(20)25-21(27)16-32-22(28)14-4-3-9-15-26-23(29)17-10-5-6-11-18(17)24(26)30/h5-8,10-13H,2-4,9,14-16H2,1H3,(H,25,27). The first-order chi connectivity index (χ1) is 15.5. The number of para-hydroxylation sites is 2. The number of hydrogen-bond donors (Lipinski definition) is 1. The average molecular weight is 438 g/mol. The third-order valence-corrected chi connectivity index (χ3v) is 4.97. The van der Waals surface area contributed by atoms with E-state index < -0.39 is 11.9 Å². The highest BCUT2D eigenvalue weighted by atomic mass is 16.5. The summed E-state index contributed by atoms with van der Waals surface area (Å²) in [5, 5.41) is 2.66. The summed E-state index contributed by atoms with van der Waals surface area (Å²) in [6.45, 7) is 2.24. The molecule has 0 spiro atoms. The van der Waals surface area contributed by atoms with Crippen molar-refractivity contribution in [1.29, 1.82) is 0 Å². The van der Waals surface area contributed by atoms with E-state index in [1.165, 1.54) is 4.90 Å². The molecule has 0 atom stereocenters. The Morgan fingerprint density at radius 2 is 1.56 bits per heavy atom. The maximum absolute atomic E-state index is 12.3. The molecule has 3 rings (SSSR count). The molecule has 168 valence electrons. The summed E-state index contributed by atoms with van der Waals surface area (Å²) in [5.74, 6) is -0.924. The Hall–Kier alpha value is -3.68. The van der Waals surface area contributed by atoms with Crippen LogP contribution in [0.25, 0.3) is 0 Å². The molecule has 1 N–H and O–H groups in total. The van der Waals surface area contributed by atoms with E-state index in [0.717, 1.165) is 0 Å². The topological polar surface area (TPSA) is 102 Å². The zero-order valence-corrected chi connectivity index (χ0v) is 18.0. The van der Waals surface area contributed by atoms with Crippen LogP contribution in [0.5, 0.6) is 5.75 Å². The molecule has 1 aliphatic rings. The van der Waals surface area contributed by atoms with Crippen LogP contribution in [0.1, 0.15) is 53.3 Å². The maximum atomic E-state index is 12.3. The van der Waals surface area contributed by atoms with E-state index in [4.69, 9.17) is 9.47 Å². The Bertz CT molecular complexity index is 968.